The van der Waals surface area contributed by atoms with Crippen LogP contribution in [0.5, 0.6) is 11.6 Å². The molecule has 0 bridgehead atoms. The molecule has 0 saturated heterocycles. The molecule has 0 spiro atoms. The maximum Gasteiger partial charge on any atom is 0.272 e. The summed E-state index contributed by atoms with van der Waals surface area (Å²) in [4.78, 5) is 30.4. The van der Waals surface area contributed by atoms with Crippen molar-refractivity contribution in [2.45, 2.75) is 82.8 Å². The van der Waals surface area contributed by atoms with Crippen LogP contribution in [0.1, 0.15) is 83.5 Å². The number of aliphatic hydroxyl groups excluding tert-OH is 1. The van der Waals surface area contributed by atoms with Crippen molar-refractivity contribution in [1.82, 2.24) is 30.7 Å². The smallest absolute Gasteiger partial charge is 0.272 e. The summed E-state index contributed by atoms with van der Waals surface area (Å²) in [6, 6.07) is 18.8. The first kappa shape index (κ1) is 34.3. The number of carbonyl (C=O) groups excluding carboxylic acids is 2. The largest absolute Gasteiger partial charge is 0.438 e. The van der Waals surface area contributed by atoms with Gasteiger partial charge in [-0.25, -0.2) is 9.37 Å². The van der Waals surface area contributed by atoms with Crippen LogP contribution in [0.2, 0.25) is 0 Å². The molecule has 2 aliphatic rings. The minimum atomic E-state index is -0.625. The lowest BCUT2D eigenvalue weighted by atomic mass is 9.91. The number of nitrogens with one attached hydrogen (secondary N) is 3. The highest BCUT2D eigenvalue weighted by molar-refractivity contribution is 5.96. The average molecular weight is 669 g/mol. The number of halogens is 1. The van der Waals surface area contributed by atoms with Crippen LogP contribution in [-0.4, -0.2) is 63.5 Å². The van der Waals surface area contributed by atoms with Crippen LogP contribution >= 0.6 is 0 Å². The summed E-state index contributed by atoms with van der Waals surface area (Å²) >= 11 is 0. The fourth-order valence-corrected chi connectivity index (χ4v) is 6.57. The lowest BCUT2D eigenvalue weighted by Gasteiger charge is -2.29. The van der Waals surface area contributed by atoms with Crippen LogP contribution in [0.3, 0.4) is 0 Å². The summed E-state index contributed by atoms with van der Waals surface area (Å²) < 4.78 is 22.3. The predicted octanol–water partition coefficient (Wildman–Crippen LogP) is 5.59. The minimum Gasteiger partial charge on any atom is -0.438 e. The topological polar surface area (TPSA) is 130 Å². The highest BCUT2D eigenvalue weighted by atomic mass is 19.1. The highest BCUT2D eigenvalue weighted by Gasteiger charge is 2.27. The zero-order valence-corrected chi connectivity index (χ0v) is 27.8. The van der Waals surface area contributed by atoms with Gasteiger partial charge in [-0.05, 0) is 118 Å². The number of pyridine rings is 1. The maximum atomic E-state index is 14.3. The van der Waals surface area contributed by atoms with Gasteiger partial charge in [0.1, 0.15) is 22.8 Å². The molecule has 1 fully saturated rings. The number of amides is 2. The van der Waals surface area contributed by atoms with Crippen LogP contribution < -0.4 is 20.7 Å². The first-order chi connectivity index (χ1) is 23.9. The first-order valence-electron chi connectivity index (χ1n) is 17.5. The van der Waals surface area contributed by atoms with Gasteiger partial charge in [-0.2, -0.15) is 5.10 Å². The second-order valence-electron chi connectivity index (χ2n) is 13.0. The number of fused-ring (bicyclic) bond motifs is 1. The number of aromatic nitrogens is 3. The Morgan fingerprint density at radius 3 is 2.41 bits per heavy atom. The Kier molecular flexibility index (Phi) is 11.7. The normalized spacial score (nSPS) is 17.3. The summed E-state index contributed by atoms with van der Waals surface area (Å²) in [5.74, 6) is -0.715. The van der Waals surface area contributed by atoms with Crippen molar-refractivity contribution >= 4 is 11.8 Å². The molecule has 4 aromatic rings. The number of ether oxygens (including phenoxy) is 1. The third-order valence-corrected chi connectivity index (χ3v) is 9.28. The van der Waals surface area contributed by atoms with E-state index in [-0.39, 0.29) is 36.0 Å². The molecule has 2 aromatic carbocycles. The van der Waals surface area contributed by atoms with Crippen LogP contribution in [0.15, 0.2) is 66.9 Å². The predicted molar refractivity (Wildman–Crippen MR) is 185 cm³/mol. The van der Waals surface area contributed by atoms with Crippen LogP contribution in [0, 0.1) is 5.82 Å². The number of nitrogens with zero attached hydrogens (tertiary/aromatic N) is 3. The number of aryl methyl sites for hydroxylation is 3. The van der Waals surface area contributed by atoms with E-state index >= 15 is 0 Å². The molecule has 1 aliphatic heterocycles. The molecule has 3 heterocycles. The molecule has 6 rings (SSSR count). The third kappa shape index (κ3) is 9.30. The van der Waals surface area contributed by atoms with Gasteiger partial charge >= 0.3 is 0 Å². The zero-order valence-electron chi connectivity index (χ0n) is 27.8. The van der Waals surface area contributed by atoms with Crippen LogP contribution in [0.25, 0.3) is 11.1 Å². The van der Waals surface area contributed by atoms with E-state index in [0.29, 0.717) is 37.1 Å². The standard InChI is InChI=1S/C38H45FN6O4/c39-29-23-34(36(47)42-30-14-16-31(17-15-30)43-37(48)35-24-32-8-1-2-20-45(32)44-35)38(41-25-29)49-33-9-3-7-28(22-33)27-12-10-26(11-13-27)6-4-18-40-19-5-21-46/h3,7,9-13,22-25,30-31,40,46H,1-2,4-6,8,14-21H2,(H,42,47)(H,43,48)/t30-,31-. The van der Waals surface area contributed by atoms with E-state index < -0.39 is 11.7 Å². The average Bonchev–Trinajstić information content (AvgIpc) is 3.57. The van der Waals surface area contributed by atoms with Gasteiger partial charge in [-0.15, -0.1) is 0 Å². The number of aliphatic hydroxyl groups is 1. The van der Waals surface area contributed by atoms with Gasteiger partial charge in [0, 0.05) is 30.9 Å². The van der Waals surface area contributed by atoms with E-state index in [1.165, 1.54) is 5.56 Å². The molecule has 49 heavy (non-hydrogen) atoms. The Hall–Kier alpha value is -4.61. The van der Waals surface area contributed by atoms with Crippen LogP contribution in [-0.2, 0) is 19.4 Å². The fourth-order valence-electron chi connectivity index (χ4n) is 6.57. The second-order valence-corrected chi connectivity index (χ2v) is 13.0. The van der Waals surface area contributed by atoms with E-state index in [0.717, 1.165) is 87.2 Å². The maximum absolute atomic E-state index is 14.3. The van der Waals surface area contributed by atoms with Crippen molar-refractivity contribution < 1.29 is 23.8 Å². The fraction of sp³-hybridized carbons (Fsp3) is 0.421. The molecule has 0 atom stereocenters. The lowest BCUT2D eigenvalue weighted by Crippen LogP contribution is -2.44. The summed E-state index contributed by atoms with van der Waals surface area (Å²) in [6.07, 6.45) is 9.73. The van der Waals surface area contributed by atoms with Gasteiger partial charge in [0.15, 0.2) is 0 Å². The van der Waals surface area contributed by atoms with Crippen molar-refractivity contribution in [3.63, 3.8) is 0 Å². The zero-order chi connectivity index (χ0) is 34.0. The monoisotopic (exact) mass is 668 g/mol. The Morgan fingerprint density at radius 1 is 0.898 bits per heavy atom. The van der Waals surface area contributed by atoms with Gasteiger partial charge in [0.05, 0.1) is 6.20 Å². The van der Waals surface area contributed by atoms with Gasteiger partial charge < -0.3 is 25.8 Å². The van der Waals surface area contributed by atoms with Gasteiger partial charge in [0.25, 0.3) is 11.8 Å². The van der Waals surface area contributed by atoms with Gasteiger partial charge in [0.2, 0.25) is 5.88 Å². The quantitative estimate of drug-likeness (QED) is 0.129. The number of hydrogen-bond donors (Lipinski definition) is 4. The van der Waals surface area contributed by atoms with Crippen molar-refractivity contribution in [3.05, 3.63) is 95.2 Å². The van der Waals surface area contributed by atoms with Crippen molar-refractivity contribution in [3.8, 4) is 22.8 Å². The molecule has 0 unspecified atom stereocenters. The van der Waals surface area contributed by atoms with Crippen molar-refractivity contribution in [2.75, 3.05) is 19.7 Å². The SMILES string of the molecule is O=C(N[C@H]1CC[C@H](NC(=O)c2cc(F)cnc2Oc2cccc(-c3ccc(CCCNCCCO)cc3)c2)CC1)c1cc2n(n1)CCCC2. The lowest BCUT2D eigenvalue weighted by molar-refractivity contribution is 0.0887. The highest BCUT2D eigenvalue weighted by Crippen LogP contribution is 2.29. The summed E-state index contributed by atoms with van der Waals surface area (Å²) in [5, 5.41) is 22.8. The first-order valence-corrected chi connectivity index (χ1v) is 17.5. The number of rotatable bonds is 14. The Labute approximate surface area is 286 Å². The molecule has 11 heteroatoms. The Morgan fingerprint density at radius 2 is 1.65 bits per heavy atom. The Balaban J connectivity index is 1.02. The molecule has 10 nitrogen and oxygen atoms in total. The summed E-state index contributed by atoms with van der Waals surface area (Å²) in [6.45, 7) is 2.80. The van der Waals surface area contributed by atoms with Gasteiger partial charge in [-0.1, -0.05) is 36.4 Å². The molecular formula is C38H45FN6O4. The van der Waals surface area contributed by atoms with Crippen molar-refractivity contribution in [2.24, 2.45) is 0 Å². The van der Waals surface area contributed by atoms with Gasteiger partial charge in [-0.3, -0.25) is 14.3 Å². The molecule has 0 radical (unpaired) electrons. The number of hydrogen-bond acceptors (Lipinski definition) is 7. The van der Waals surface area contributed by atoms with E-state index in [1.54, 1.807) is 6.07 Å². The van der Waals surface area contributed by atoms with E-state index in [9.17, 15) is 14.0 Å². The van der Waals surface area contributed by atoms with E-state index in [2.05, 4.69) is 50.3 Å². The molecule has 2 amide bonds. The molecule has 258 valence electrons. The van der Waals surface area contributed by atoms with E-state index in [4.69, 9.17) is 9.84 Å². The van der Waals surface area contributed by atoms with Crippen molar-refractivity contribution in [1.29, 1.82) is 0 Å². The third-order valence-electron chi connectivity index (χ3n) is 9.28. The molecule has 4 N–H and O–H groups in total. The second kappa shape index (κ2) is 16.7. The van der Waals surface area contributed by atoms with Crippen LogP contribution in [0.4, 0.5) is 4.39 Å². The van der Waals surface area contributed by atoms with E-state index in [1.807, 2.05) is 28.9 Å². The number of carbonyl (C=O) groups is 2. The molecule has 1 aliphatic carbocycles. The minimum absolute atomic E-state index is 0.00251. The Bertz CT molecular complexity index is 1690. The summed E-state index contributed by atoms with van der Waals surface area (Å²) in [5.41, 5.74) is 4.82. The summed E-state index contributed by atoms with van der Waals surface area (Å²) in [7, 11) is 0. The molecule has 1 saturated carbocycles. The number of benzene rings is 2. The molecule has 2 aromatic heterocycles. The molecular weight excluding hydrogens is 623 g/mol.